The second-order valence-corrected chi connectivity index (χ2v) is 4.37. The van der Waals surface area contributed by atoms with Crippen molar-refractivity contribution in [1.82, 2.24) is 5.32 Å². The van der Waals surface area contributed by atoms with Gasteiger partial charge in [0.25, 0.3) is 0 Å². The smallest absolute Gasteiger partial charge is 0.0186 e. The summed E-state index contributed by atoms with van der Waals surface area (Å²) in [4.78, 5) is 0. The molecule has 1 aliphatic heterocycles. The highest BCUT2D eigenvalue weighted by Gasteiger charge is 2.48. The van der Waals surface area contributed by atoms with Gasteiger partial charge in [0.05, 0.1) is 0 Å². The molecule has 58 valence electrons. The van der Waals surface area contributed by atoms with Gasteiger partial charge in [0.15, 0.2) is 0 Å². The molecule has 0 bridgehead atoms. The lowest BCUT2D eigenvalue weighted by atomic mass is 9.93. The van der Waals surface area contributed by atoms with Crippen molar-refractivity contribution in [3.8, 4) is 0 Å². The highest BCUT2D eigenvalue weighted by Crippen LogP contribution is 2.46. The van der Waals surface area contributed by atoms with Crippen molar-refractivity contribution in [1.29, 1.82) is 0 Å². The van der Waals surface area contributed by atoms with E-state index in [1.54, 1.807) is 0 Å². The first kappa shape index (κ1) is 6.66. The molecule has 1 unspecified atom stereocenters. The van der Waals surface area contributed by atoms with Crippen molar-refractivity contribution in [2.75, 3.05) is 6.54 Å². The molecule has 1 atom stereocenters. The van der Waals surface area contributed by atoms with Crippen LogP contribution in [0.1, 0.15) is 33.1 Å². The van der Waals surface area contributed by atoms with Crippen LogP contribution in [0.15, 0.2) is 0 Å². The summed E-state index contributed by atoms with van der Waals surface area (Å²) in [6.07, 6.45) is 4.33. The van der Waals surface area contributed by atoms with Gasteiger partial charge in [0, 0.05) is 5.54 Å². The molecular weight excluding hydrogens is 122 g/mol. The third-order valence-electron chi connectivity index (χ3n) is 3.19. The Labute approximate surface area is 63.2 Å². The van der Waals surface area contributed by atoms with Crippen LogP contribution in [-0.4, -0.2) is 12.1 Å². The van der Waals surface area contributed by atoms with Gasteiger partial charge in [-0.15, -0.1) is 0 Å². The van der Waals surface area contributed by atoms with E-state index < -0.39 is 0 Å². The highest BCUT2D eigenvalue weighted by molar-refractivity contribution is 5.07. The molecule has 1 saturated heterocycles. The molecule has 1 heteroatoms. The van der Waals surface area contributed by atoms with Gasteiger partial charge >= 0.3 is 0 Å². The molecule has 0 aromatic heterocycles. The lowest BCUT2D eigenvalue weighted by Crippen LogP contribution is -2.22. The van der Waals surface area contributed by atoms with E-state index in [1.165, 1.54) is 25.8 Å². The van der Waals surface area contributed by atoms with Gasteiger partial charge in [-0.1, -0.05) is 13.8 Å². The van der Waals surface area contributed by atoms with Crippen LogP contribution >= 0.6 is 0 Å². The zero-order chi connectivity index (χ0) is 7.19. The third kappa shape index (κ3) is 0.968. The summed E-state index contributed by atoms with van der Waals surface area (Å²) in [6, 6.07) is 0. The molecular formula is C9H17N. The molecule has 0 aromatic carbocycles. The van der Waals surface area contributed by atoms with Gasteiger partial charge in [-0.05, 0) is 37.6 Å². The van der Waals surface area contributed by atoms with Gasteiger partial charge in [0.2, 0.25) is 0 Å². The van der Waals surface area contributed by atoms with Crippen LogP contribution in [0.25, 0.3) is 0 Å². The lowest BCUT2D eigenvalue weighted by Gasteiger charge is -2.11. The minimum Gasteiger partial charge on any atom is -0.311 e. The monoisotopic (exact) mass is 139 g/mol. The Kier molecular flexibility index (Phi) is 1.31. The van der Waals surface area contributed by atoms with Gasteiger partial charge < -0.3 is 5.32 Å². The predicted molar refractivity (Wildman–Crippen MR) is 42.9 cm³/mol. The van der Waals surface area contributed by atoms with Crippen molar-refractivity contribution < 1.29 is 0 Å². The van der Waals surface area contributed by atoms with Crippen LogP contribution in [0, 0.1) is 11.8 Å². The molecule has 2 aliphatic rings. The van der Waals surface area contributed by atoms with Gasteiger partial charge in [-0.2, -0.15) is 0 Å². The molecule has 2 rings (SSSR count). The molecule has 0 amide bonds. The standard InChI is InChI=1S/C9H17N/c1-7(2)8-5-9(3-4-9)10-6-8/h7-8,10H,3-6H2,1-2H3. The Morgan fingerprint density at radius 1 is 1.40 bits per heavy atom. The Hall–Kier alpha value is -0.0400. The van der Waals surface area contributed by atoms with Crippen LogP contribution in [0.5, 0.6) is 0 Å². The van der Waals surface area contributed by atoms with Crippen LogP contribution in [0.4, 0.5) is 0 Å². The molecule has 0 aromatic rings. The number of nitrogens with one attached hydrogen (secondary N) is 1. The van der Waals surface area contributed by atoms with E-state index in [2.05, 4.69) is 19.2 Å². The maximum Gasteiger partial charge on any atom is 0.0186 e. The molecule has 2 fully saturated rings. The van der Waals surface area contributed by atoms with E-state index in [-0.39, 0.29) is 0 Å². The molecule has 10 heavy (non-hydrogen) atoms. The maximum absolute atomic E-state index is 3.64. The molecule has 0 radical (unpaired) electrons. The summed E-state index contributed by atoms with van der Waals surface area (Å²) in [7, 11) is 0. The molecule has 1 aliphatic carbocycles. The second-order valence-electron chi connectivity index (χ2n) is 4.37. The Morgan fingerprint density at radius 2 is 2.10 bits per heavy atom. The highest BCUT2D eigenvalue weighted by atomic mass is 15.1. The van der Waals surface area contributed by atoms with E-state index in [0.717, 1.165) is 11.8 Å². The lowest BCUT2D eigenvalue weighted by molar-refractivity contribution is 0.408. The van der Waals surface area contributed by atoms with Crippen LogP contribution in [-0.2, 0) is 0 Å². The quantitative estimate of drug-likeness (QED) is 0.584. The predicted octanol–water partition coefficient (Wildman–Crippen LogP) is 1.78. The maximum atomic E-state index is 3.64. The largest absolute Gasteiger partial charge is 0.311 e. The Balaban J connectivity index is 1.93. The molecule has 1 saturated carbocycles. The van der Waals surface area contributed by atoms with Crippen LogP contribution in [0.3, 0.4) is 0 Å². The van der Waals surface area contributed by atoms with Crippen molar-refractivity contribution in [3.63, 3.8) is 0 Å². The Morgan fingerprint density at radius 3 is 2.40 bits per heavy atom. The summed E-state index contributed by atoms with van der Waals surface area (Å²) in [5.74, 6) is 1.84. The van der Waals surface area contributed by atoms with Crippen molar-refractivity contribution >= 4 is 0 Å². The summed E-state index contributed by atoms with van der Waals surface area (Å²) in [5.41, 5.74) is 0.648. The van der Waals surface area contributed by atoms with E-state index in [9.17, 15) is 0 Å². The van der Waals surface area contributed by atoms with Gasteiger partial charge in [-0.25, -0.2) is 0 Å². The minimum atomic E-state index is 0.648. The zero-order valence-corrected chi connectivity index (χ0v) is 6.98. The van der Waals surface area contributed by atoms with E-state index in [4.69, 9.17) is 0 Å². The summed E-state index contributed by atoms with van der Waals surface area (Å²) in [5, 5.41) is 3.64. The Bertz CT molecular complexity index is 136. The van der Waals surface area contributed by atoms with Crippen LogP contribution in [0.2, 0.25) is 0 Å². The van der Waals surface area contributed by atoms with Crippen LogP contribution < -0.4 is 5.32 Å². The van der Waals surface area contributed by atoms with E-state index >= 15 is 0 Å². The topological polar surface area (TPSA) is 12.0 Å². The normalized spacial score (nSPS) is 35.7. The van der Waals surface area contributed by atoms with E-state index in [1.807, 2.05) is 0 Å². The fraction of sp³-hybridized carbons (Fsp3) is 1.00. The van der Waals surface area contributed by atoms with Crippen molar-refractivity contribution in [3.05, 3.63) is 0 Å². The first-order valence-electron chi connectivity index (χ1n) is 4.47. The first-order valence-corrected chi connectivity index (χ1v) is 4.47. The second kappa shape index (κ2) is 1.97. The van der Waals surface area contributed by atoms with Crippen molar-refractivity contribution in [2.45, 2.75) is 38.6 Å². The van der Waals surface area contributed by atoms with Crippen molar-refractivity contribution in [2.24, 2.45) is 11.8 Å². The summed E-state index contributed by atoms with van der Waals surface area (Å²) < 4.78 is 0. The average Bonchev–Trinajstić information content (AvgIpc) is 2.41. The van der Waals surface area contributed by atoms with E-state index in [0.29, 0.717) is 5.54 Å². The average molecular weight is 139 g/mol. The summed E-state index contributed by atoms with van der Waals surface area (Å²) in [6.45, 7) is 5.96. The molecule has 1 spiro atoms. The number of hydrogen-bond acceptors (Lipinski definition) is 1. The number of rotatable bonds is 1. The SMILES string of the molecule is CC(C)C1CNC2(CC2)C1. The molecule has 1 heterocycles. The van der Waals surface area contributed by atoms with Gasteiger partial charge in [0.1, 0.15) is 0 Å². The zero-order valence-electron chi connectivity index (χ0n) is 6.98. The minimum absolute atomic E-state index is 0.648. The fourth-order valence-corrected chi connectivity index (χ4v) is 2.00. The summed E-state index contributed by atoms with van der Waals surface area (Å²) >= 11 is 0. The third-order valence-corrected chi connectivity index (χ3v) is 3.19. The van der Waals surface area contributed by atoms with Gasteiger partial charge in [-0.3, -0.25) is 0 Å². The first-order chi connectivity index (χ1) is 4.72. The molecule has 1 nitrogen and oxygen atoms in total. The fourth-order valence-electron chi connectivity index (χ4n) is 2.00. The number of hydrogen-bond donors (Lipinski definition) is 1. The molecule has 1 N–H and O–H groups in total.